The van der Waals surface area contributed by atoms with E-state index < -0.39 is 80.1 Å². The van der Waals surface area contributed by atoms with Gasteiger partial charge in [-0.05, 0) is 78.9 Å². The summed E-state index contributed by atoms with van der Waals surface area (Å²) >= 11 is 0. The first-order valence-electron chi connectivity index (χ1n) is 17.8. The number of phosphoric ester groups is 1. The third-order valence-electron chi connectivity index (χ3n) is 8.49. The van der Waals surface area contributed by atoms with E-state index >= 15 is 8.78 Å². The number of hydrogen-bond donors (Lipinski definition) is 5. The fraction of sp³-hybridized carbons (Fsp3) is 0.162. The summed E-state index contributed by atoms with van der Waals surface area (Å²) in [4.78, 5) is 88.6. The van der Waals surface area contributed by atoms with Gasteiger partial charge in [0.1, 0.15) is 24.3 Å². The topological polar surface area (TPSA) is 302 Å². The maximum absolute atomic E-state index is 15.6. The molecule has 0 fully saturated rings. The zero-order chi connectivity index (χ0) is 44.4. The number of nitrogens with one attached hydrogen (secondary N) is 2. The predicted octanol–water partition coefficient (Wildman–Crippen LogP) is 3.45. The smallest absolute Gasteiger partial charge is 0.469 e. The van der Waals surface area contributed by atoms with Crippen molar-refractivity contribution < 1.29 is 66.2 Å². The average molecular weight is 877 g/mol. The molecule has 0 aliphatic heterocycles. The highest BCUT2D eigenvalue weighted by atomic mass is 31.2. The van der Waals surface area contributed by atoms with Crippen molar-refractivity contribution in [2.24, 2.45) is 0 Å². The van der Waals surface area contributed by atoms with Gasteiger partial charge in [0.2, 0.25) is 6.79 Å². The molecule has 25 heteroatoms. The molecule has 5 N–H and O–H groups in total. The Morgan fingerprint density at radius 2 is 1.23 bits per heavy atom. The molecule has 6 rings (SSSR count). The maximum atomic E-state index is 15.6. The van der Waals surface area contributed by atoms with Crippen molar-refractivity contribution in [3.8, 4) is 11.6 Å². The minimum atomic E-state index is -4.85. The van der Waals surface area contributed by atoms with Crippen molar-refractivity contribution in [1.82, 2.24) is 39.5 Å². The molecule has 22 nitrogen and oxygen atoms in total. The molecule has 320 valence electrons. The van der Waals surface area contributed by atoms with Gasteiger partial charge in [0, 0.05) is 24.8 Å². The molecule has 0 saturated carbocycles. The van der Waals surface area contributed by atoms with E-state index in [0.29, 0.717) is 11.6 Å². The molecule has 2 amide bonds. The summed E-state index contributed by atoms with van der Waals surface area (Å²) in [7, 11) is -4.85. The summed E-state index contributed by atoms with van der Waals surface area (Å²) in [5.74, 6) is -6.78. The molecule has 62 heavy (non-hydrogen) atoms. The van der Waals surface area contributed by atoms with Gasteiger partial charge < -0.3 is 35.0 Å². The lowest BCUT2D eigenvalue weighted by Crippen LogP contribution is -2.20. The molecule has 0 bridgehead atoms. The number of rotatable bonds is 18. The van der Waals surface area contributed by atoms with Crippen LogP contribution < -0.4 is 10.6 Å². The van der Waals surface area contributed by atoms with E-state index in [-0.39, 0.29) is 53.2 Å². The molecule has 2 aromatic carbocycles. The van der Waals surface area contributed by atoms with Crippen LogP contribution in [-0.4, -0.2) is 97.5 Å². The van der Waals surface area contributed by atoms with Crippen LogP contribution in [0, 0.1) is 11.6 Å². The third-order valence-corrected chi connectivity index (χ3v) is 9.01. The Hall–Kier alpha value is -7.66. The Morgan fingerprint density at radius 3 is 1.68 bits per heavy atom. The van der Waals surface area contributed by atoms with E-state index in [9.17, 15) is 33.6 Å². The van der Waals surface area contributed by atoms with Gasteiger partial charge in [0.25, 0.3) is 11.8 Å². The van der Waals surface area contributed by atoms with Crippen LogP contribution in [0.5, 0.6) is 0 Å². The normalized spacial score (nSPS) is 11.2. The molecular weight excluding hydrogens is 845 g/mol. The number of carboxylic acids is 1. The average Bonchev–Trinajstić information content (AvgIpc) is 3.99. The number of benzene rings is 2. The van der Waals surface area contributed by atoms with Crippen LogP contribution in [0.25, 0.3) is 11.6 Å². The van der Waals surface area contributed by atoms with Gasteiger partial charge in [-0.1, -0.05) is 0 Å². The first-order valence-corrected chi connectivity index (χ1v) is 19.4. The summed E-state index contributed by atoms with van der Waals surface area (Å²) in [6, 6.07) is 9.34. The molecular formula is C37H31F2N10O12P. The van der Waals surface area contributed by atoms with Gasteiger partial charge in [-0.3, -0.25) is 28.0 Å². The third kappa shape index (κ3) is 11.5. The molecule has 0 radical (unpaired) electrons. The van der Waals surface area contributed by atoms with E-state index in [1.165, 1.54) is 53.9 Å². The quantitative estimate of drug-likeness (QED) is 0.0469. The summed E-state index contributed by atoms with van der Waals surface area (Å²) in [6.07, 6.45) is 8.30. The van der Waals surface area contributed by atoms with Crippen molar-refractivity contribution in [3.63, 3.8) is 0 Å². The SMILES string of the molecule is O=C(CCOP(=O)(O)O)OCOC(=O)c1cc(F)c(CCCc2cc(NC(=O)c3ccc(-n4ccnc4)nn3)c(C(=O)O)cc2F)cc1NC(=O)c1ccc(-n2ccnc2)nn1. The summed E-state index contributed by atoms with van der Waals surface area (Å²) < 4.78 is 58.5. The number of phosphoric acid groups is 1. The van der Waals surface area contributed by atoms with E-state index in [1.54, 1.807) is 17.0 Å². The number of aryl methyl sites for hydroxylation is 2. The second kappa shape index (κ2) is 19.6. The Kier molecular flexibility index (Phi) is 13.9. The Bertz CT molecular complexity index is 2650. The van der Waals surface area contributed by atoms with Gasteiger partial charge in [-0.25, -0.2) is 32.9 Å². The second-order valence-corrected chi connectivity index (χ2v) is 13.9. The van der Waals surface area contributed by atoms with Crippen LogP contribution in [-0.2, 0) is 36.2 Å². The first kappa shape index (κ1) is 43.9. The van der Waals surface area contributed by atoms with Crippen LogP contribution in [0.1, 0.15) is 65.7 Å². The standard InChI is InChI=1S/C37H31F2N10O12P/c38-25-16-23(36(53)54)29(42-34(51)27-4-6-31(46-44-27)48-11-9-40-18-48)14-21(25)2-1-3-22-15-30(43-35(52)28-5-7-32(47-45-28)49-12-10-41-19-49)24(17-26(22)39)37(55)60-20-59-33(50)8-13-61-62(56,57)58/h4-7,9-12,14-19H,1-3,8,13,20H2,(H,42,51)(H,43,52)(H,53,54)(H2,56,57,58). The Balaban J connectivity index is 1.17. The molecule has 0 aliphatic carbocycles. The molecule has 0 spiro atoms. The van der Waals surface area contributed by atoms with Gasteiger partial charge >= 0.3 is 25.7 Å². The number of halogens is 2. The van der Waals surface area contributed by atoms with E-state index in [2.05, 4.69) is 45.5 Å². The zero-order valence-electron chi connectivity index (χ0n) is 31.6. The lowest BCUT2D eigenvalue weighted by Gasteiger charge is -2.15. The molecule has 0 unspecified atom stereocenters. The molecule has 0 aliphatic rings. The van der Waals surface area contributed by atoms with Crippen LogP contribution >= 0.6 is 7.82 Å². The van der Waals surface area contributed by atoms with E-state index in [1.807, 2.05) is 0 Å². The van der Waals surface area contributed by atoms with Gasteiger partial charge in [0.05, 0.1) is 35.5 Å². The number of nitrogens with zero attached hydrogens (tertiary/aromatic N) is 8. The number of ether oxygens (including phenoxy) is 2. The lowest BCUT2D eigenvalue weighted by atomic mass is 9.99. The summed E-state index contributed by atoms with van der Waals surface area (Å²) in [5.41, 5.74) is -2.10. The highest BCUT2D eigenvalue weighted by Gasteiger charge is 2.23. The zero-order valence-corrected chi connectivity index (χ0v) is 32.5. The summed E-state index contributed by atoms with van der Waals surface area (Å²) in [6.45, 7) is -1.71. The van der Waals surface area contributed by atoms with Crippen LogP contribution in [0.15, 0.2) is 86.0 Å². The minimum absolute atomic E-state index is 0.0227. The molecule has 6 aromatic rings. The van der Waals surface area contributed by atoms with E-state index in [0.717, 1.165) is 24.3 Å². The molecule has 0 saturated heterocycles. The maximum Gasteiger partial charge on any atom is 0.469 e. The fourth-order valence-corrected chi connectivity index (χ4v) is 5.85. The lowest BCUT2D eigenvalue weighted by molar-refractivity contribution is -0.152. The minimum Gasteiger partial charge on any atom is -0.478 e. The summed E-state index contributed by atoms with van der Waals surface area (Å²) in [5, 5.41) is 30.3. The number of aromatic nitrogens is 8. The fourth-order valence-electron chi connectivity index (χ4n) is 5.52. The largest absolute Gasteiger partial charge is 0.478 e. The number of carboxylic acid groups (broad SMARTS) is 1. The van der Waals surface area contributed by atoms with Crippen LogP contribution in [0.2, 0.25) is 0 Å². The number of anilines is 2. The van der Waals surface area contributed by atoms with Gasteiger partial charge in [0.15, 0.2) is 23.0 Å². The van der Waals surface area contributed by atoms with Crippen molar-refractivity contribution in [1.29, 1.82) is 0 Å². The highest BCUT2D eigenvalue weighted by molar-refractivity contribution is 7.46. The number of carbonyl (C=O) groups excluding carboxylic acids is 4. The van der Waals surface area contributed by atoms with Crippen molar-refractivity contribution >= 4 is 48.9 Å². The number of imidazole rings is 2. The number of amides is 2. The number of carbonyl (C=O) groups is 5. The number of hydrogen-bond acceptors (Lipinski definition) is 15. The Morgan fingerprint density at radius 1 is 0.710 bits per heavy atom. The van der Waals surface area contributed by atoms with E-state index in [4.69, 9.17) is 19.3 Å². The number of esters is 2. The molecule has 0 atom stereocenters. The highest BCUT2D eigenvalue weighted by Crippen LogP contribution is 2.35. The van der Waals surface area contributed by atoms with Gasteiger partial charge in [-0.15, -0.1) is 20.4 Å². The van der Waals surface area contributed by atoms with Crippen molar-refractivity contribution in [2.45, 2.75) is 25.7 Å². The monoisotopic (exact) mass is 876 g/mol. The molecule has 4 aromatic heterocycles. The Labute approximate surface area is 346 Å². The van der Waals surface area contributed by atoms with Crippen molar-refractivity contribution in [3.05, 3.63) is 131 Å². The van der Waals surface area contributed by atoms with Crippen LogP contribution in [0.4, 0.5) is 20.2 Å². The first-order chi connectivity index (χ1) is 29.6. The second-order valence-electron chi connectivity index (χ2n) is 12.7. The molecule has 4 heterocycles. The number of aromatic carboxylic acids is 1. The van der Waals surface area contributed by atoms with Crippen molar-refractivity contribution in [2.75, 3.05) is 24.0 Å². The van der Waals surface area contributed by atoms with Gasteiger partial charge in [-0.2, -0.15) is 0 Å². The van der Waals surface area contributed by atoms with Crippen LogP contribution in [0.3, 0.4) is 0 Å². The predicted molar refractivity (Wildman–Crippen MR) is 205 cm³/mol.